The zero-order valence-corrected chi connectivity index (χ0v) is 19.0. The Morgan fingerprint density at radius 1 is 0.793 bits per heavy atom. The van der Waals surface area contributed by atoms with E-state index < -0.39 is 21.6 Å². The smallest absolute Gasteiger partial charge is 0.181 e. The lowest BCUT2D eigenvalue weighted by molar-refractivity contribution is 0.415. The zero-order chi connectivity index (χ0) is 20.4. The molecule has 2 unspecified atom stereocenters. The summed E-state index contributed by atoms with van der Waals surface area (Å²) in [4.78, 5) is 8.91. The molecule has 0 bridgehead atoms. The van der Waals surface area contributed by atoms with Crippen LogP contribution in [0.4, 0.5) is 0 Å². The average molecular weight is 467 g/mol. The fourth-order valence-corrected chi connectivity index (χ4v) is 7.69. The minimum absolute atomic E-state index is 0.418. The number of methoxy groups -OCH3 is 2. The maximum absolute atomic E-state index is 12.6. The van der Waals surface area contributed by atoms with Crippen LogP contribution in [0.3, 0.4) is 0 Å². The standard InChI is InChI=1S/C19H18N2O4S4/c1-24-12-4-6-14-16(10-12)26-18(20-14)28(22)8-3-9-29(23)19-21-15-7-5-13(25-2)11-17(15)27-19/h4-7,10-11H,3,8-9H2,1-2H3. The van der Waals surface area contributed by atoms with E-state index in [1.54, 1.807) is 14.2 Å². The topological polar surface area (TPSA) is 78.4 Å². The molecule has 2 atom stereocenters. The molecule has 0 amide bonds. The predicted molar refractivity (Wildman–Crippen MR) is 120 cm³/mol. The Balaban J connectivity index is 1.38. The van der Waals surface area contributed by atoms with Crippen LogP contribution >= 0.6 is 22.7 Å². The van der Waals surface area contributed by atoms with Gasteiger partial charge in [0, 0.05) is 11.5 Å². The van der Waals surface area contributed by atoms with Crippen LogP contribution in [0, 0.1) is 0 Å². The van der Waals surface area contributed by atoms with Gasteiger partial charge in [-0.25, -0.2) is 9.97 Å². The second kappa shape index (κ2) is 8.86. The Labute approximate surface area is 180 Å². The third-order valence-electron chi connectivity index (χ3n) is 4.20. The number of rotatable bonds is 8. The minimum Gasteiger partial charge on any atom is -0.497 e. The summed E-state index contributed by atoms with van der Waals surface area (Å²) < 4.78 is 38.7. The molecular weight excluding hydrogens is 448 g/mol. The van der Waals surface area contributed by atoms with E-state index in [0.29, 0.717) is 26.6 Å². The molecule has 0 aliphatic rings. The lowest BCUT2D eigenvalue weighted by Crippen LogP contribution is -2.04. The maximum atomic E-state index is 12.6. The van der Waals surface area contributed by atoms with E-state index in [-0.39, 0.29) is 0 Å². The van der Waals surface area contributed by atoms with Gasteiger partial charge in [-0.1, -0.05) is 0 Å². The summed E-state index contributed by atoms with van der Waals surface area (Å²) in [6, 6.07) is 11.2. The molecule has 0 N–H and O–H groups in total. The quantitative estimate of drug-likeness (QED) is 0.387. The predicted octanol–water partition coefficient (Wildman–Crippen LogP) is 4.23. The third-order valence-corrected chi connectivity index (χ3v) is 9.72. The SMILES string of the molecule is COc1ccc2nc(S(=O)CCCS(=O)c3nc4ccc(OC)cc4s3)sc2c1. The molecule has 0 saturated heterocycles. The number of nitrogens with zero attached hydrogens (tertiary/aromatic N) is 2. The van der Waals surface area contributed by atoms with Crippen molar-refractivity contribution in [3.63, 3.8) is 0 Å². The second-order valence-electron chi connectivity index (χ2n) is 6.08. The second-order valence-corrected chi connectivity index (χ2v) is 11.6. The summed E-state index contributed by atoms with van der Waals surface area (Å²) in [5.41, 5.74) is 1.63. The number of benzene rings is 2. The summed E-state index contributed by atoms with van der Waals surface area (Å²) >= 11 is 2.81. The summed E-state index contributed by atoms with van der Waals surface area (Å²) in [6.07, 6.45) is 0.567. The van der Waals surface area contributed by atoms with Crippen molar-refractivity contribution in [1.82, 2.24) is 9.97 Å². The Bertz CT molecular complexity index is 1120. The van der Waals surface area contributed by atoms with Crippen LogP contribution < -0.4 is 9.47 Å². The van der Waals surface area contributed by atoms with E-state index >= 15 is 0 Å². The lowest BCUT2D eigenvalue weighted by Gasteiger charge is -1.98. The summed E-state index contributed by atoms with van der Waals surface area (Å²) in [5, 5.41) is 0. The molecular formula is C19H18N2O4S4. The fraction of sp³-hybridized carbons (Fsp3) is 0.263. The molecule has 0 fully saturated rings. The molecule has 10 heteroatoms. The van der Waals surface area contributed by atoms with Gasteiger partial charge in [-0.05, 0) is 42.8 Å². The van der Waals surface area contributed by atoms with Crippen LogP contribution in [-0.2, 0) is 21.6 Å². The van der Waals surface area contributed by atoms with Gasteiger partial charge in [0.1, 0.15) is 11.5 Å². The van der Waals surface area contributed by atoms with Gasteiger partial charge in [0.05, 0.1) is 56.3 Å². The summed E-state index contributed by atoms with van der Waals surface area (Å²) in [6.45, 7) is 0. The van der Waals surface area contributed by atoms with Crippen LogP contribution in [0.2, 0.25) is 0 Å². The van der Waals surface area contributed by atoms with E-state index in [9.17, 15) is 8.42 Å². The van der Waals surface area contributed by atoms with Crippen LogP contribution in [0.1, 0.15) is 6.42 Å². The number of fused-ring (bicyclic) bond motifs is 2. The van der Waals surface area contributed by atoms with Gasteiger partial charge < -0.3 is 9.47 Å². The summed E-state index contributed by atoms with van der Waals surface area (Å²) in [7, 11) is 0.793. The van der Waals surface area contributed by atoms with E-state index in [0.717, 1.165) is 31.9 Å². The molecule has 29 heavy (non-hydrogen) atoms. The van der Waals surface area contributed by atoms with Crippen LogP contribution in [0.5, 0.6) is 11.5 Å². The maximum Gasteiger partial charge on any atom is 0.181 e. The van der Waals surface area contributed by atoms with Crippen LogP contribution in [0.25, 0.3) is 20.4 Å². The summed E-state index contributed by atoms with van der Waals surface area (Å²) in [5.74, 6) is 2.34. The lowest BCUT2D eigenvalue weighted by atomic mass is 10.3. The number of hydrogen-bond acceptors (Lipinski definition) is 8. The van der Waals surface area contributed by atoms with Crippen molar-refractivity contribution in [2.75, 3.05) is 25.7 Å². The molecule has 2 aromatic heterocycles. The van der Waals surface area contributed by atoms with Gasteiger partial charge in [0.15, 0.2) is 8.68 Å². The zero-order valence-electron chi connectivity index (χ0n) is 15.7. The van der Waals surface area contributed by atoms with Crippen molar-refractivity contribution >= 4 is 64.7 Å². The average Bonchev–Trinajstić information content (AvgIpc) is 3.36. The van der Waals surface area contributed by atoms with Gasteiger partial charge in [0.25, 0.3) is 0 Å². The van der Waals surface area contributed by atoms with Crippen molar-refractivity contribution in [2.45, 2.75) is 15.1 Å². The largest absolute Gasteiger partial charge is 0.497 e. The Morgan fingerprint density at radius 2 is 1.24 bits per heavy atom. The first kappa shape index (κ1) is 20.4. The van der Waals surface area contributed by atoms with Crippen molar-refractivity contribution < 1.29 is 17.9 Å². The molecule has 0 aliphatic heterocycles. The molecule has 2 heterocycles. The molecule has 6 nitrogen and oxygen atoms in total. The molecule has 0 radical (unpaired) electrons. The number of thiazole rings is 2. The normalized spacial score (nSPS) is 13.6. The molecule has 0 spiro atoms. The molecule has 152 valence electrons. The van der Waals surface area contributed by atoms with Gasteiger partial charge >= 0.3 is 0 Å². The van der Waals surface area contributed by atoms with E-state index in [1.807, 2.05) is 36.4 Å². The van der Waals surface area contributed by atoms with Crippen LogP contribution in [0.15, 0.2) is 45.1 Å². The number of aromatic nitrogens is 2. The molecule has 4 rings (SSSR count). The highest BCUT2D eigenvalue weighted by Gasteiger charge is 2.15. The minimum atomic E-state index is -1.22. The van der Waals surface area contributed by atoms with Crippen molar-refractivity contribution in [2.24, 2.45) is 0 Å². The Morgan fingerprint density at radius 3 is 1.66 bits per heavy atom. The third kappa shape index (κ3) is 4.50. The van der Waals surface area contributed by atoms with E-state index in [4.69, 9.17) is 9.47 Å². The first-order chi connectivity index (χ1) is 14.1. The molecule has 0 saturated carbocycles. The molecule has 2 aromatic carbocycles. The Hall–Kier alpha value is -1.88. The van der Waals surface area contributed by atoms with Crippen LogP contribution in [-0.4, -0.2) is 44.1 Å². The highest BCUT2D eigenvalue weighted by atomic mass is 32.2. The van der Waals surface area contributed by atoms with Gasteiger partial charge in [-0.3, -0.25) is 8.42 Å². The molecule has 4 aromatic rings. The van der Waals surface area contributed by atoms with E-state index in [2.05, 4.69) is 9.97 Å². The fourth-order valence-electron chi connectivity index (χ4n) is 2.71. The van der Waals surface area contributed by atoms with Gasteiger partial charge in [-0.2, -0.15) is 0 Å². The first-order valence-corrected chi connectivity index (χ1v) is 13.0. The highest BCUT2D eigenvalue weighted by Crippen LogP contribution is 2.29. The monoisotopic (exact) mass is 466 g/mol. The van der Waals surface area contributed by atoms with Crippen molar-refractivity contribution in [3.05, 3.63) is 36.4 Å². The first-order valence-electron chi connectivity index (χ1n) is 8.73. The van der Waals surface area contributed by atoms with Gasteiger partial charge in [0.2, 0.25) is 0 Å². The van der Waals surface area contributed by atoms with E-state index in [1.165, 1.54) is 22.7 Å². The molecule has 0 aliphatic carbocycles. The highest BCUT2D eigenvalue weighted by molar-refractivity contribution is 7.88. The van der Waals surface area contributed by atoms with Crippen molar-refractivity contribution in [3.8, 4) is 11.5 Å². The van der Waals surface area contributed by atoms with Gasteiger partial charge in [-0.15, -0.1) is 22.7 Å². The number of ether oxygens (including phenoxy) is 2. The number of hydrogen-bond donors (Lipinski definition) is 0. The Kier molecular flexibility index (Phi) is 6.23. The van der Waals surface area contributed by atoms with Crippen molar-refractivity contribution in [1.29, 1.82) is 0 Å².